The molecule has 7 nitrogen and oxygen atoms in total. The Morgan fingerprint density at radius 3 is 3.04 bits per heavy atom. The molecule has 1 aromatic carbocycles. The maximum Gasteiger partial charge on any atom is 0.254 e. The second-order valence-corrected chi connectivity index (χ2v) is 6.51. The standard InChI is InChI=1S/C18H20N4O3/c23-17(11-22-10-12-4-1-2-5-14(12)18(22)24)21-15-6-3-7-16(15)25-13-8-19-20-9-13/h1-2,4-5,8-9,15-16H,3,6-7,10-11H2,(H,19,20)(H,21,23)/t15-,16+/m0/s1. The Morgan fingerprint density at radius 2 is 2.24 bits per heavy atom. The van der Waals surface area contributed by atoms with Gasteiger partial charge in [0.05, 0.1) is 18.4 Å². The zero-order chi connectivity index (χ0) is 17.2. The number of hydrogen-bond donors (Lipinski definition) is 2. The van der Waals surface area contributed by atoms with Gasteiger partial charge in [0.15, 0.2) is 5.75 Å². The minimum Gasteiger partial charge on any atom is -0.485 e. The quantitative estimate of drug-likeness (QED) is 0.863. The van der Waals surface area contributed by atoms with E-state index in [0.717, 1.165) is 24.8 Å². The van der Waals surface area contributed by atoms with Crippen LogP contribution >= 0.6 is 0 Å². The molecule has 1 saturated carbocycles. The van der Waals surface area contributed by atoms with Crippen molar-refractivity contribution in [2.75, 3.05) is 6.54 Å². The lowest BCUT2D eigenvalue weighted by Crippen LogP contribution is -2.46. The molecule has 0 spiro atoms. The molecule has 0 unspecified atom stereocenters. The summed E-state index contributed by atoms with van der Waals surface area (Å²) in [5.41, 5.74) is 1.67. The summed E-state index contributed by atoms with van der Waals surface area (Å²) in [4.78, 5) is 26.4. The third-order valence-electron chi connectivity index (χ3n) is 4.79. The first-order valence-corrected chi connectivity index (χ1v) is 8.52. The van der Waals surface area contributed by atoms with Crippen LogP contribution in [-0.2, 0) is 11.3 Å². The van der Waals surface area contributed by atoms with E-state index in [4.69, 9.17) is 4.74 Å². The molecule has 0 radical (unpaired) electrons. The van der Waals surface area contributed by atoms with Gasteiger partial charge in [0.25, 0.3) is 5.91 Å². The van der Waals surface area contributed by atoms with Crippen LogP contribution in [0.3, 0.4) is 0 Å². The molecule has 1 aromatic heterocycles. The van der Waals surface area contributed by atoms with Crippen LogP contribution in [-0.4, -0.2) is 45.6 Å². The largest absolute Gasteiger partial charge is 0.485 e. The molecule has 2 atom stereocenters. The van der Waals surface area contributed by atoms with E-state index in [1.807, 2.05) is 18.2 Å². The van der Waals surface area contributed by atoms with E-state index in [9.17, 15) is 9.59 Å². The number of amides is 2. The van der Waals surface area contributed by atoms with Crippen molar-refractivity contribution < 1.29 is 14.3 Å². The van der Waals surface area contributed by atoms with E-state index in [0.29, 0.717) is 17.9 Å². The molecule has 130 valence electrons. The lowest BCUT2D eigenvalue weighted by atomic mass is 10.1. The zero-order valence-electron chi connectivity index (χ0n) is 13.8. The predicted molar refractivity (Wildman–Crippen MR) is 90.0 cm³/mol. The molecule has 7 heteroatoms. The van der Waals surface area contributed by atoms with Gasteiger partial charge < -0.3 is 15.0 Å². The van der Waals surface area contributed by atoms with Crippen molar-refractivity contribution in [2.24, 2.45) is 0 Å². The highest BCUT2D eigenvalue weighted by Crippen LogP contribution is 2.25. The van der Waals surface area contributed by atoms with Gasteiger partial charge in [0, 0.05) is 12.1 Å². The molecule has 2 heterocycles. The average molecular weight is 340 g/mol. The predicted octanol–water partition coefficient (Wildman–Crippen LogP) is 1.48. The van der Waals surface area contributed by atoms with E-state index in [1.54, 1.807) is 23.4 Å². The summed E-state index contributed by atoms with van der Waals surface area (Å²) in [6, 6.07) is 7.45. The highest BCUT2D eigenvalue weighted by Gasteiger charge is 2.33. The first-order chi connectivity index (χ1) is 12.2. The molecule has 2 N–H and O–H groups in total. The Kier molecular flexibility index (Phi) is 4.13. The van der Waals surface area contributed by atoms with Gasteiger partial charge in [-0.15, -0.1) is 0 Å². The molecule has 2 amide bonds. The highest BCUT2D eigenvalue weighted by molar-refractivity contribution is 6.00. The van der Waals surface area contributed by atoms with Crippen LogP contribution in [0.5, 0.6) is 5.75 Å². The number of rotatable bonds is 5. The Morgan fingerprint density at radius 1 is 1.36 bits per heavy atom. The summed E-state index contributed by atoms with van der Waals surface area (Å²) < 4.78 is 5.88. The van der Waals surface area contributed by atoms with E-state index in [1.165, 1.54) is 0 Å². The smallest absolute Gasteiger partial charge is 0.254 e. The molecule has 25 heavy (non-hydrogen) atoms. The minimum absolute atomic E-state index is 0.0394. The van der Waals surface area contributed by atoms with Crippen LogP contribution in [0, 0.1) is 0 Å². The highest BCUT2D eigenvalue weighted by atomic mass is 16.5. The van der Waals surface area contributed by atoms with Crippen LogP contribution in [0.4, 0.5) is 0 Å². The Labute approximate surface area is 145 Å². The van der Waals surface area contributed by atoms with Crippen molar-refractivity contribution in [3.05, 3.63) is 47.8 Å². The molecule has 1 aliphatic carbocycles. The van der Waals surface area contributed by atoms with Crippen LogP contribution in [0.1, 0.15) is 35.2 Å². The molecular formula is C18H20N4O3. The molecule has 4 rings (SSSR count). The number of aromatic nitrogens is 2. The third kappa shape index (κ3) is 3.22. The fraction of sp³-hybridized carbons (Fsp3) is 0.389. The minimum atomic E-state index is -0.145. The summed E-state index contributed by atoms with van der Waals surface area (Å²) in [5.74, 6) is 0.452. The van der Waals surface area contributed by atoms with E-state index in [2.05, 4.69) is 15.5 Å². The maximum absolute atomic E-state index is 12.4. The number of nitrogens with zero attached hydrogens (tertiary/aromatic N) is 2. The van der Waals surface area contributed by atoms with Gasteiger partial charge in [-0.05, 0) is 30.9 Å². The molecule has 2 aliphatic rings. The third-order valence-corrected chi connectivity index (χ3v) is 4.79. The number of aromatic amines is 1. The van der Waals surface area contributed by atoms with E-state index in [-0.39, 0.29) is 30.5 Å². The molecular weight excluding hydrogens is 320 g/mol. The van der Waals surface area contributed by atoms with Gasteiger partial charge in [-0.3, -0.25) is 14.7 Å². The van der Waals surface area contributed by atoms with Gasteiger partial charge in [0.2, 0.25) is 5.91 Å². The monoisotopic (exact) mass is 340 g/mol. The van der Waals surface area contributed by atoms with Gasteiger partial charge >= 0.3 is 0 Å². The lowest BCUT2D eigenvalue weighted by Gasteiger charge is -2.23. The second-order valence-electron chi connectivity index (χ2n) is 6.51. The fourth-order valence-corrected chi connectivity index (χ4v) is 3.58. The van der Waals surface area contributed by atoms with Gasteiger partial charge in [-0.1, -0.05) is 18.2 Å². The summed E-state index contributed by atoms with van der Waals surface area (Å²) in [6.07, 6.45) is 6.02. The average Bonchev–Trinajstić information content (AvgIpc) is 3.32. The number of H-pyrrole nitrogens is 1. The number of nitrogens with one attached hydrogen (secondary N) is 2. The normalized spacial score (nSPS) is 22.1. The SMILES string of the molecule is O=C(CN1Cc2ccccc2C1=O)N[C@H]1CCC[C@H]1Oc1cn[nH]c1. The Hall–Kier alpha value is -2.83. The molecule has 1 fully saturated rings. The van der Waals surface area contributed by atoms with Gasteiger partial charge in [-0.25, -0.2) is 0 Å². The van der Waals surface area contributed by atoms with Gasteiger partial charge in [0.1, 0.15) is 12.6 Å². The summed E-state index contributed by atoms with van der Waals surface area (Å²) in [5, 5.41) is 9.61. The van der Waals surface area contributed by atoms with Crippen LogP contribution in [0.2, 0.25) is 0 Å². The second kappa shape index (κ2) is 6.58. The maximum atomic E-state index is 12.4. The lowest BCUT2D eigenvalue weighted by molar-refractivity contribution is -0.123. The Bertz CT molecular complexity index is 774. The number of carbonyl (C=O) groups excluding carboxylic acids is 2. The number of ether oxygens (including phenoxy) is 1. The fourth-order valence-electron chi connectivity index (χ4n) is 3.58. The van der Waals surface area contributed by atoms with E-state index < -0.39 is 0 Å². The van der Waals surface area contributed by atoms with Crippen LogP contribution in [0.15, 0.2) is 36.7 Å². The zero-order valence-corrected chi connectivity index (χ0v) is 13.8. The first-order valence-electron chi connectivity index (χ1n) is 8.52. The van der Waals surface area contributed by atoms with Crippen LogP contribution in [0.25, 0.3) is 0 Å². The number of carbonyl (C=O) groups is 2. The number of benzene rings is 1. The first kappa shape index (κ1) is 15.7. The summed E-state index contributed by atoms with van der Waals surface area (Å²) in [6.45, 7) is 0.560. The van der Waals surface area contributed by atoms with Crippen molar-refractivity contribution >= 4 is 11.8 Å². The molecule has 2 aromatic rings. The molecule has 0 saturated heterocycles. The number of hydrogen-bond acceptors (Lipinski definition) is 4. The van der Waals surface area contributed by atoms with Crippen LogP contribution < -0.4 is 10.1 Å². The molecule has 0 bridgehead atoms. The van der Waals surface area contributed by atoms with Gasteiger partial charge in [-0.2, -0.15) is 5.10 Å². The van der Waals surface area contributed by atoms with Crippen molar-refractivity contribution in [1.82, 2.24) is 20.4 Å². The molecule has 1 aliphatic heterocycles. The van der Waals surface area contributed by atoms with E-state index >= 15 is 0 Å². The van der Waals surface area contributed by atoms with Crippen molar-refractivity contribution in [2.45, 2.75) is 38.0 Å². The van der Waals surface area contributed by atoms with Crippen molar-refractivity contribution in [3.8, 4) is 5.75 Å². The van der Waals surface area contributed by atoms with Crippen molar-refractivity contribution in [3.63, 3.8) is 0 Å². The number of fused-ring (bicyclic) bond motifs is 1. The Balaban J connectivity index is 1.34. The summed E-state index contributed by atoms with van der Waals surface area (Å²) >= 11 is 0. The topological polar surface area (TPSA) is 87.3 Å². The summed E-state index contributed by atoms with van der Waals surface area (Å²) in [7, 11) is 0. The van der Waals surface area contributed by atoms with Crippen molar-refractivity contribution in [1.29, 1.82) is 0 Å².